The van der Waals surface area contributed by atoms with Crippen molar-refractivity contribution in [1.82, 2.24) is 0 Å². The molecule has 7 nitrogen and oxygen atoms in total. The van der Waals surface area contributed by atoms with Gasteiger partial charge in [-0.05, 0) is 59.9 Å². The van der Waals surface area contributed by atoms with Crippen molar-refractivity contribution in [2.45, 2.75) is 72.6 Å². The number of hydrogen-bond donors (Lipinski definition) is 4. The van der Waals surface area contributed by atoms with E-state index in [9.17, 15) is 24.9 Å². The predicted molar refractivity (Wildman–Crippen MR) is 156 cm³/mol. The number of carbonyl (C=O) groups excluding carboxylic acids is 1. The van der Waals surface area contributed by atoms with Gasteiger partial charge in [-0.2, -0.15) is 0 Å². The Balaban J connectivity index is 1.61. The molecule has 0 spiro atoms. The van der Waals surface area contributed by atoms with E-state index in [0.29, 0.717) is 40.3 Å². The summed E-state index contributed by atoms with van der Waals surface area (Å²) < 4.78 is 5.94. The number of anilines is 1. The van der Waals surface area contributed by atoms with Crippen LogP contribution in [0.3, 0.4) is 0 Å². The minimum Gasteiger partial charge on any atom is -0.508 e. The first-order valence-electron chi connectivity index (χ1n) is 13.8. The van der Waals surface area contributed by atoms with E-state index in [2.05, 4.69) is 39.9 Å². The third-order valence-electron chi connectivity index (χ3n) is 7.76. The van der Waals surface area contributed by atoms with Gasteiger partial charge in [0.2, 0.25) is 5.91 Å². The van der Waals surface area contributed by atoms with Gasteiger partial charge in [0.05, 0.1) is 5.56 Å². The summed E-state index contributed by atoms with van der Waals surface area (Å²) in [6.07, 6.45) is 4.55. The van der Waals surface area contributed by atoms with Crippen LogP contribution in [-0.2, 0) is 4.79 Å². The number of ether oxygens (including phenoxy) is 1. The van der Waals surface area contributed by atoms with Crippen molar-refractivity contribution in [2.24, 2.45) is 10.8 Å². The summed E-state index contributed by atoms with van der Waals surface area (Å²) in [5, 5.41) is 33.1. The number of carboxylic acids is 1. The molecule has 1 amide bonds. The highest BCUT2D eigenvalue weighted by molar-refractivity contribution is 5.95. The molecule has 0 bridgehead atoms. The SMILES string of the molecule is CCCC(C)(C)CCC(C)(C)CC(=O)Nc1ccc(C2c3ccc(O)cc3Oc3cc(O)ccc32)c(C(=O)O)c1. The Hall–Kier alpha value is -4.00. The van der Waals surface area contributed by atoms with Crippen LogP contribution in [0.5, 0.6) is 23.0 Å². The number of aromatic hydroxyl groups is 2. The lowest BCUT2D eigenvalue weighted by Gasteiger charge is -2.31. The number of nitrogens with one attached hydrogen (secondary N) is 1. The normalized spacial score (nSPS) is 13.2. The van der Waals surface area contributed by atoms with Crippen LogP contribution in [0.2, 0.25) is 0 Å². The molecule has 3 aromatic rings. The van der Waals surface area contributed by atoms with Crippen molar-refractivity contribution in [3.8, 4) is 23.0 Å². The molecule has 212 valence electrons. The number of phenols is 2. The summed E-state index contributed by atoms with van der Waals surface area (Å²) in [5.41, 5.74) is 2.36. The standard InChI is InChI=1S/C33H39NO6/c1-6-13-32(2,3)14-15-33(4,5)19-29(37)34-20-7-10-23(26(16-20)31(38)39)30-24-11-8-21(35)17-27(24)40-28-18-22(36)9-12-25(28)30/h7-12,16-18,30,35-36H,6,13-15,19H2,1-5H3,(H,34,37)(H,38,39). The van der Waals surface area contributed by atoms with Crippen LogP contribution in [0.25, 0.3) is 0 Å². The third kappa shape index (κ3) is 6.58. The Labute approximate surface area is 235 Å². The van der Waals surface area contributed by atoms with E-state index in [0.717, 1.165) is 25.7 Å². The second-order valence-corrected chi connectivity index (χ2v) is 12.4. The number of aromatic carboxylic acids is 1. The average molecular weight is 546 g/mol. The van der Waals surface area contributed by atoms with Gasteiger partial charge in [-0.15, -0.1) is 0 Å². The fourth-order valence-electron chi connectivity index (χ4n) is 5.60. The van der Waals surface area contributed by atoms with Gasteiger partial charge in [0, 0.05) is 41.3 Å². The highest BCUT2D eigenvalue weighted by Crippen LogP contribution is 2.50. The van der Waals surface area contributed by atoms with Crippen LogP contribution in [0.15, 0.2) is 54.6 Å². The first-order chi connectivity index (χ1) is 18.8. The van der Waals surface area contributed by atoms with E-state index in [1.807, 2.05) is 0 Å². The van der Waals surface area contributed by atoms with Gasteiger partial charge in [0.25, 0.3) is 0 Å². The van der Waals surface area contributed by atoms with Gasteiger partial charge in [-0.3, -0.25) is 4.79 Å². The molecule has 0 saturated carbocycles. The third-order valence-corrected chi connectivity index (χ3v) is 7.76. The molecule has 40 heavy (non-hydrogen) atoms. The van der Waals surface area contributed by atoms with Crippen LogP contribution in [-0.4, -0.2) is 27.2 Å². The Kier molecular flexibility index (Phi) is 8.15. The number of amides is 1. The molecule has 1 heterocycles. The summed E-state index contributed by atoms with van der Waals surface area (Å²) in [4.78, 5) is 25.5. The zero-order chi connectivity index (χ0) is 29.2. The maximum absolute atomic E-state index is 13.0. The highest BCUT2D eigenvalue weighted by atomic mass is 16.5. The number of rotatable bonds is 10. The molecule has 0 aromatic heterocycles. The van der Waals surface area contributed by atoms with Crippen molar-refractivity contribution in [2.75, 3.05) is 5.32 Å². The van der Waals surface area contributed by atoms with Crippen molar-refractivity contribution in [3.63, 3.8) is 0 Å². The summed E-state index contributed by atoms with van der Waals surface area (Å²) in [6.45, 7) is 10.9. The minimum absolute atomic E-state index is 0.00877. The molecule has 7 heteroatoms. The molecule has 1 aliphatic heterocycles. The molecule has 4 N–H and O–H groups in total. The molecule has 0 saturated heterocycles. The first-order valence-corrected chi connectivity index (χ1v) is 13.8. The minimum atomic E-state index is -1.13. The lowest BCUT2D eigenvalue weighted by molar-refractivity contribution is -0.118. The molecule has 0 radical (unpaired) electrons. The quantitative estimate of drug-likeness (QED) is 0.160. The number of fused-ring (bicyclic) bond motifs is 2. The summed E-state index contributed by atoms with van der Waals surface area (Å²) in [7, 11) is 0. The summed E-state index contributed by atoms with van der Waals surface area (Å²) in [5.74, 6) is -1.04. The number of benzene rings is 3. The monoisotopic (exact) mass is 545 g/mol. The maximum Gasteiger partial charge on any atom is 0.336 e. The van der Waals surface area contributed by atoms with Gasteiger partial charge in [-0.25, -0.2) is 4.79 Å². The van der Waals surface area contributed by atoms with E-state index in [4.69, 9.17) is 4.74 Å². The van der Waals surface area contributed by atoms with E-state index in [1.54, 1.807) is 24.3 Å². The van der Waals surface area contributed by atoms with Gasteiger partial charge in [-0.1, -0.05) is 59.2 Å². The number of phenolic OH excluding ortho intramolecular Hbond substituents is 2. The van der Waals surface area contributed by atoms with Crippen molar-refractivity contribution in [3.05, 3.63) is 76.9 Å². The maximum atomic E-state index is 13.0. The zero-order valence-corrected chi connectivity index (χ0v) is 23.9. The van der Waals surface area contributed by atoms with Crippen LogP contribution in [0.4, 0.5) is 5.69 Å². The second kappa shape index (κ2) is 11.2. The van der Waals surface area contributed by atoms with Crippen molar-refractivity contribution < 1.29 is 29.6 Å². The van der Waals surface area contributed by atoms with Gasteiger partial charge in [0.15, 0.2) is 0 Å². The van der Waals surface area contributed by atoms with Gasteiger partial charge >= 0.3 is 5.97 Å². The lowest BCUT2D eigenvalue weighted by atomic mass is 9.75. The molecule has 0 fully saturated rings. The fourth-order valence-corrected chi connectivity index (χ4v) is 5.60. The molecule has 4 rings (SSSR count). The molecule has 3 aromatic carbocycles. The number of carbonyl (C=O) groups is 2. The molecule has 0 atom stereocenters. The Morgan fingerprint density at radius 1 is 0.800 bits per heavy atom. The fraction of sp³-hybridized carbons (Fsp3) is 0.394. The number of hydrogen-bond acceptors (Lipinski definition) is 5. The Morgan fingerprint density at radius 2 is 1.35 bits per heavy atom. The van der Waals surface area contributed by atoms with Gasteiger partial charge < -0.3 is 25.4 Å². The molecular weight excluding hydrogens is 506 g/mol. The summed E-state index contributed by atoms with van der Waals surface area (Å²) in [6, 6.07) is 14.3. The van der Waals surface area contributed by atoms with Crippen LogP contribution >= 0.6 is 0 Å². The van der Waals surface area contributed by atoms with Crippen molar-refractivity contribution in [1.29, 1.82) is 0 Å². The first kappa shape index (κ1) is 29.0. The Bertz CT molecular complexity index is 1370. The zero-order valence-electron chi connectivity index (χ0n) is 23.9. The Morgan fingerprint density at radius 3 is 1.90 bits per heavy atom. The van der Waals surface area contributed by atoms with Gasteiger partial charge in [0.1, 0.15) is 23.0 Å². The second-order valence-electron chi connectivity index (χ2n) is 12.4. The molecule has 0 unspecified atom stereocenters. The van der Waals surface area contributed by atoms with Crippen LogP contribution < -0.4 is 10.1 Å². The average Bonchev–Trinajstić information content (AvgIpc) is 2.86. The van der Waals surface area contributed by atoms with E-state index in [1.165, 1.54) is 30.3 Å². The van der Waals surface area contributed by atoms with Crippen molar-refractivity contribution >= 4 is 17.6 Å². The lowest BCUT2D eigenvalue weighted by Crippen LogP contribution is -2.24. The predicted octanol–water partition coefficient (Wildman–Crippen LogP) is 8.04. The number of carboxylic acid groups (broad SMARTS) is 1. The molecule has 0 aliphatic carbocycles. The largest absolute Gasteiger partial charge is 0.508 e. The topological polar surface area (TPSA) is 116 Å². The molecule has 1 aliphatic rings. The molecular formula is C33H39NO6. The van der Waals surface area contributed by atoms with E-state index >= 15 is 0 Å². The highest BCUT2D eigenvalue weighted by Gasteiger charge is 2.32. The smallest absolute Gasteiger partial charge is 0.336 e. The van der Waals surface area contributed by atoms with Crippen LogP contribution in [0.1, 0.15) is 99.7 Å². The van der Waals surface area contributed by atoms with Crippen LogP contribution in [0, 0.1) is 10.8 Å². The summed E-state index contributed by atoms with van der Waals surface area (Å²) >= 11 is 0. The van der Waals surface area contributed by atoms with E-state index < -0.39 is 11.9 Å². The van der Waals surface area contributed by atoms with E-state index in [-0.39, 0.29) is 33.8 Å².